The first kappa shape index (κ1) is 17.2. The van der Waals surface area contributed by atoms with Crippen LogP contribution in [0.3, 0.4) is 0 Å². The summed E-state index contributed by atoms with van der Waals surface area (Å²) in [6, 6.07) is 7.95. The molecule has 2 atom stereocenters. The Morgan fingerprint density at radius 3 is 2.74 bits per heavy atom. The molecule has 2 rings (SSSR count). The van der Waals surface area contributed by atoms with Gasteiger partial charge in [0.1, 0.15) is 6.10 Å². The molecule has 0 spiro atoms. The molecule has 124 valence electrons. The Morgan fingerprint density at radius 2 is 2.09 bits per heavy atom. The predicted molar refractivity (Wildman–Crippen MR) is 88.9 cm³/mol. The van der Waals surface area contributed by atoms with Crippen molar-refractivity contribution in [3.05, 3.63) is 59.0 Å². The lowest BCUT2D eigenvalue weighted by atomic mass is 10.1. The second-order valence-electron chi connectivity index (χ2n) is 5.85. The van der Waals surface area contributed by atoms with E-state index in [1.54, 1.807) is 12.5 Å². The van der Waals surface area contributed by atoms with Crippen molar-refractivity contribution < 1.29 is 14.3 Å². The van der Waals surface area contributed by atoms with E-state index in [1.807, 2.05) is 39.0 Å². The molecular formula is C18H24N2O3. The molecule has 0 aliphatic carbocycles. The number of aliphatic hydroxyl groups is 1. The van der Waals surface area contributed by atoms with Gasteiger partial charge in [0.2, 0.25) is 5.91 Å². The highest BCUT2D eigenvalue weighted by molar-refractivity contribution is 5.80. The van der Waals surface area contributed by atoms with Gasteiger partial charge in [-0.05, 0) is 38.0 Å². The van der Waals surface area contributed by atoms with Gasteiger partial charge in [-0.25, -0.2) is 0 Å². The fourth-order valence-electron chi connectivity index (χ4n) is 2.36. The van der Waals surface area contributed by atoms with Gasteiger partial charge in [-0.15, -0.1) is 0 Å². The lowest BCUT2D eigenvalue weighted by Crippen LogP contribution is -2.41. The first-order chi connectivity index (χ1) is 11.0. The Kier molecular flexibility index (Phi) is 5.96. The fourth-order valence-corrected chi connectivity index (χ4v) is 2.36. The van der Waals surface area contributed by atoms with Gasteiger partial charge in [0.25, 0.3) is 0 Å². The smallest absolute Gasteiger partial charge is 0.250 e. The van der Waals surface area contributed by atoms with Crippen LogP contribution in [-0.4, -0.2) is 23.7 Å². The normalized spacial score (nSPS) is 13.6. The Bertz CT molecular complexity index is 638. The highest BCUT2D eigenvalue weighted by Crippen LogP contribution is 2.12. The third kappa shape index (κ3) is 4.94. The fraction of sp³-hybridized carbons (Fsp3) is 0.389. The molecule has 3 N–H and O–H groups in total. The molecule has 0 saturated carbocycles. The molecule has 1 aromatic carbocycles. The van der Waals surface area contributed by atoms with E-state index in [-0.39, 0.29) is 18.5 Å². The second-order valence-corrected chi connectivity index (χ2v) is 5.85. The maximum Gasteiger partial charge on any atom is 0.250 e. The number of amides is 1. The summed E-state index contributed by atoms with van der Waals surface area (Å²) in [7, 11) is 0. The first-order valence-electron chi connectivity index (χ1n) is 7.74. The van der Waals surface area contributed by atoms with Crippen LogP contribution in [0.1, 0.15) is 35.2 Å². The van der Waals surface area contributed by atoms with Crippen molar-refractivity contribution >= 4 is 5.91 Å². The minimum Gasteiger partial charge on any atom is -0.472 e. The van der Waals surface area contributed by atoms with Crippen LogP contribution < -0.4 is 10.6 Å². The molecular weight excluding hydrogens is 292 g/mol. The van der Waals surface area contributed by atoms with Crippen molar-refractivity contribution in [3.8, 4) is 0 Å². The van der Waals surface area contributed by atoms with Crippen LogP contribution in [0.5, 0.6) is 0 Å². The van der Waals surface area contributed by atoms with Crippen molar-refractivity contribution in [2.45, 2.75) is 39.5 Å². The maximum absolute atomic E-state index is 12.0. The highest BCUT2D eigenvalue weighted by Gasteiger charge is 2.16. The van der Waals surface area contributed by atoms with E-state index in [0.717, 1.165) is 16.7 Å². The Morgan fingerprint density at radius 1 is 1.30 bits per heavy atom. The van der Waals surface area contributed by atoms with Crippen LogP contribution >= 0.6 is 0 Å². The van der Waals surface area contributed by atoms with Crippen molar-refractivity contribution in [1.29, 1.82) is 0 Å². The number of carbonyl (C=O) groups excluding carboxylic acids is 1. The van der Waals surface area contributed by atoms with Crippen LogP contribution in [0.4, 0.5) is 0 Å². The zero-order valence-corrected chi connectivity index (χ0v) is 13.8. The highest BCUT2D eigenvalue weighted by atomic mass is 16.3. The molecule has 1 unspecified atom stereocenters. The molecule has 0 saturated heterocycles. The van der Waals surface area contributed by atoms with Gasteiger partial charge in [0.05, 0.1) is 12.5 Å². The van der Waals surface area contributed by atoms with E-state index in [4.69, 9.17) is 4.42 Å². The molecule has 0 aliphatic heterocycles. The van der Waals surface area contributed by atoms with Crippen LogP contribution in [0, 0.1) is 13.8 Å². The Labute approximate surface area is 136 Å². The summed E-state index contributed by atoms with van der Waals surface area (Å²) in [5, 5.41) is 15.8. The Balaban J connectivity index is 1.78. The van der Waals surface area contributed by atoms with Gasteiger partial charge in [-0.2, -0.15) is 0 Å². The molecule has 5 nitrogen and oxygen atoms in total. The standard InChI is InChI=1S/C18H24N2O3/c1-12-4-5-15(13(2)8-12)9-20-18(22)17(21)10-19-14(3)16-6-7-23-11-16/h4-8,11,14,17,19,21H,9-10H2,1-3H3,(H,20,22)/t14-,17?/m1/s1. The van der Waals surface area contributed by atoms with Gasteiger partial charge in [-0.1, -0.05) is 23.8 Å². The van der Waals surface area contributed by atoms with Crippen LogP contribution in [-0.2, 0) is 11.3 Å². The van der Waals surface area contributed by atoms with Crippen molar-refractivity contribution in [3.63, 3.8) is 0 Å². The third-order valence-electron chi connectivity index (χ3n) is 3.91. The number of hydrogen-bond donors (Lipinski definition) is 3. The van der Waals surface area contributed by atoms with E-state index < -0.39 is 6.10 Å². The van der Waals surface area contributed by atoms with Crippen molar-refractivity contribution in [1.82, 2.24) is 10.6 Å². The molecule has 1 aromatic heterocycles. The lowest BCUT2D eigenvalue weighted by Gasteiger charge is -2.16. The van der Waals surface area contributed by atoms with Gasteiger partial charge >= 0.3 is 0 Å². The number of aliphatic hydroxyl groups excluding tert-OH is 1. The summed E-state index contributed by atoms with van der Waals surface area (Å²) in [4.78, 5) is 12.0. The zero-order chi connectivity index (χ0) is 16.8. The topological polar surface area (TPSA) is 74.5 Å². The first-order valence-corrected chi connectivity index (χ1v) is 7.74. The molecule has 0 aliphatic rings. The van der Waals surface area contributed by atoms with E-state index >= 15 is 0 Å². The summed E-state index contributed by atoms with van der Waals surface area (Å²) >= 11 is 0. The number of aryl methyl sites for hydroxylation is 2. The molecule has 0 radical (unpaired) electrons. The van der Waals surface area contributed by atoms with Gasteiger partial charge in [-0.3, -0.25) is 4.79 Å². The van der Waals surface area contributed by atoms with Gasteiger partial charge in [0, 0.05) is 24.7 Å². The molecule has 1 heterocycles. The molecule has 0 bridgehead atoms. The number of furan rings is 1. The SMILES string of the molecule is Cc1ccc(CNC(=O)C(O)CN[C@H](C)c2ccoc2)c(C)c1. The summed E-state index contributed by atoms with van der Waals surface area (Å²) in [5.41, 5.74) is 4.35. The summed E-state index contributed by atoms with van der Waals surface area (Å²) in [6.07, 6.45) is 2.15. The van der Waals surface area contributed by atoms with E-state index in [0.29, 0.717) is 6.54 Å². The number of benzene rings is 1. The van der Waals surface area contributed by atoms with Gasteiger partial charge in [0.15, 0.2) is 0 Å². The van der Waals surface area contributed by atoms with E-state index in [1.165, 1.54) is 5.56 Å². The maximum atomic E-state index is 12.0. The monoisotopic (exact) mass is 316 g/mol. The zero-order valence-electron chi connectivity index (χ0n) is 13.8. The number of carbonyl (C=O) groups is 1. The number of hydrogen-bond acceptors (Lipinski definition) is 4. The van der Waals surface area contributed by atoms with Gasteiger partial charge < -0.3 is 20.2 Å². The van der Waals surface area contributed by atoms with Crippen molar-refractivity contribution in [2.75, 3.05) is 6.54 Å². The van der Waals surface area contributed by atoms with E-state index in [2.05, 4.69) is 16.7 Å². The molecule has 5 heteroatoms. The average molecular weight is 316 g/mol. The lowest BCUT2D eigenvalue weighted by molar-refractivity contribution is -0.129. The average Bonchev–Trinajstić information content (AvgIpc) is 3.05. The number of rotatable bonds is 7. The quantitative estimate of drug-likeness (QED) is 0.732. The largest absolute Gasteiger partial charge is 0.472 e. The summed E-state index contributed by atoms with van der Waals surface area (Å²) in [6.45, 7) is 6.60. The summed E-state index contributed by atoms with van der Waals surface area (Å²) < 4.78 is 5.02. The molecule has 1 amide bonds. The predicted octanol–water partition coefficient (Wildman–Crippen LogP) is 2.22. The summed E-state index contributed by atoms with van der Waals surface area (Å²) in [5.74, 6) is -0.378. The molecule has 0 fully saturated rings. The third-order valence-corrected chi connectivity index (χ3v) is 3.91. The molecule has 2 aromatic rings. The van der Waals surface area contributed by atoms with E-state index in [9.17, 15) is 9.90 Å². The molecule has 23 heavy (non-hydrogen) atoms. The minimum atomic E-state index is -1.09. The second kappa shape index (κ2) is 7.94. The van der Waals surface area contributed by atoms with Crippen LogP contribution in [0.2, 0.25) is 0 Å². The Hall–Kier alpha value is -2.11. The van der Waals surface area contributed by atoms with Crippen LogP contribution in [0.25, 0.3) is 0 Å². The number of nitrogens with one attached hydrogen (secondary N) is 2. The van der Waals surface area contributed by atoms with Crippen LogP contribution in [0.15, 0.2) is 41.2 Å². The minimum absolute atomic E-state index is 0.00976. The van der Waals surface area contributed by atoms with Crippen molar-refractivity contribution in [2.24, 2.45) is 0 Å².